The number of nitrogens with zero attached hydrogens (tertiary/aromatic N) is 2. The normalized spacial score (nSPS) is 26.5. The van der Waals surface area contributed by atoms with Crippen molar-refractivity contribution in [3.63, 3.8) is 0 Å². The van der Waals surface area contributed by atoms with Crippen LogP contribution in [-0.4, -0.2) is 57.7 Å². The number of imidazole rings is 1. The van der Waals surface area contributed by atoms with Gasteiger partial charge in [0.25, 0.3) is 6.01 Å². The number of pyridine rings is 1. The minimum Gasteiger partial charge on any atom is -0.456 e. The fourth-order valence-corrected chi connectivity index (χ4v) is 3.71. The van der Waals surface area contributed by atoms with Gasteiger partial charge in [-0.05, 0) is 24.3 Å². The number of ether oxygens (including phenoxy) is 4. The second kappa shape index (κ2) is 7.06. The van der Waals surface area contributed by atoms with E-state index >= 15 is 0 Å². The highest BCUT2D eigenvalue weighted by Crippen LogP contribution is 2.33. The molecule has 0 amide bonds. The minimum absolute atomic E-state index is 0.209. The van der Waals surface area contributed by atoms with E-state index in [0.717, 1.165) is 0 Å². The summed E-state index contributed by atoms with van der Waals surface area (Å²) >= 11 is 12.3. The summed E-state index contributed by atoms with van der Waals surface area (Å²) in [5, 5.41) is 10.7. The Kier molecular flexibility index (Phi) is 4.53. The molecule has 28 heavy (non-hydrogen) atoms. The van der Waals surface area contributed by atoms with Crippen LogP contribution in [0, 0.1) is 0 Å². The zero-order chi connectivity index (χ0) is 19.3. The molecule has 0 aliphatic carbocycles. The molecule has 1 unspecified atom stereocenters. The van der Waals surface area contributed by atoms with Crippen molar-refractivity contribution in [2.45, 2.75) is 24.4 Å². The van der Waals surface area contributed by atoms with Crippen molar-refractivity contribution in [1.29, 1.82) is 0 Å². The molecular weight excluding hydrogens is 409 g/mol. The van der Waals surface area contributed by atoms with E-state index in [4.69, 9.17) is 42.1 Å². The molecule has 0 spiro atoms. The zero-order valence-electron chi connectivity index (χ0n) is 14.3. The Hall–Kier alpha value is -2.10. The van der Waals surface area contributed by atoms with Crippen molar-refractivity contribution < 1.29 is 24.1 Å². The lowest BCUT2D eigenvalue weighted by Crippen LogP contribution is -2.34. The molecule has 2 aromatic heterocycles. The van der Waals surface area contributed by atoms with Crippen molar-refractivity contribution in [2.75, 3.05) is 13.2 Å². The first-order chi connectivity index (χ1) is 13.6. The molecule has 2 aliphatic rings. The van der Waals surface area contributed by atoms with Gasteiger partial charge in [-0.3, -0.25) is 0 Å². The van der Waals surface area contributed by atoms with Gasteiger partial charge in [0.2, 0.25) is 5.88 Å². The van der Waals surface area contributed by atoms with Gasteiger partial charge in [0, 0.05) is 5.02 Å². The predicted molar refractivity (Wildman–Crippen MR) is 100 cm³/mol. The predicted octanol–water partition coefficient (Wildman–Crippen LogP) is 2.96. The molecule has 4 atom stereocenters. The van der Waals surface area contributed by atoms with Gasteiger partial charge in [-0.15, -0.1) is 0 Å². The molecular formula is C18H15Cl2N3O5. The highest BCUT2D eigenvalue weighted by molar-refractivity contribution is 6.32. The van der Waals surface area contributed by atoms with Crippen molar-refractivity contribution in [2.24, 2.45) is 0 Å². The van der Waals surface area contributed by atoms with E-state index < -0.39 is 6.10 Å². The number of benzene rings is 1. The first-order valence-corrected chi connectivity index (χ1v) is 9.40. The molecule has 1 aromatic carbocycles. The molecule has 2 fully saturated rings. The number of halogens is 2. The third kappa shape index (κ3) is 3.27. The number of hydrogen-bond acceptors (Lipinski definition) is 7. The van der Waals surface area contributed by atoms with Gasteiger partial charge in [0.05, 0.1) is 18.7 Å². The van der Waals surface area contributed by atoms with Crippen LogP contribution in [0.2, 0.25) is 10.0 Å². The van der Waals surface area contributed by atoms with E-state index in [9.17, 15) is 5.11 Å². The lowest BCUT2D eigenvalue weighted by molar-refractivity contribution is 0.00706. The quantitative estimate of drug-likeness (QED) is 0.665. The summed E-state index contributed by atoms with van der Waals surface area (Å²) < 4.78 is 22.7. The topological polar surface area (TPSA) is 98.7 Å². The number of nitrogens with one attached hydrogen (secondary N) is 1. The van der Waals surface area contributed by atoms with Gasteiger partial charge in [0.15, 0.2) is 11.8 Å². The number of rotatable bonds is 4. The Morgan fingerprint density at radius 2 is 1.96 bits per heavy atom. The summed E-state index contributed by atoms with van der Waals surface area (Å²) in [5.74, 6) is 0.723. The van der Waals surface area contributed by atoms with Crippen LogP contribution >= 0.6 is 23.2 Å². The van der Waals surface area contributed by atoms with E-state index in [1.165, 1.54) is 0 Å². The largest absolute Gasteiger partial charge is 0.456 e. The van der Waals surface area contributed by atoms with Crippen molar-refractivity contribution in [3.8, 4) is 17.6 Å². The molecule has 2 aliphatic heterocycles. The fourth-order valence-electron chi connectivity index (χ4n) is 3.34. The van der Waals surface area contributed by atoms with E-state index in [2.05, 4.69) is 15.0 Å². The number of hydrogen-bond donors (Lipinski definition) is 2. The Labute approximate surface area is 169 Å². The first-order valence-electron chi connectivity index (χ1n) is 8.64. The highest BCUT2D eigenvalue weighted by Gasteiger charge is 2.48. The number of aliphatic hydroxyl groups is 1. The zero-order valence-corrected chi connectivity index (χ0v) is 15.9. The molecule has 146 valence electrons. The van der Waals surface area contributed by atoms with E-state index in [0.29, 0.717) is 33.6 Å². The molecule has 0 saturated carbocycles. The van der Waals surface area contributed by atoms with Crippen LogP contribution in [0.25, 0.3) is 11.2 Å². The third-order valence-electron chi connectivity index (χ3n) is 4.63. The Morgan fingerprint density at radius 3 is 2.82 bits per heavy atom. The Balaban J connectivity index is 1.37. The van der Waals surface area contributed by atoms with Crippen LogP contribution in [0.15, 0.2) is 30.3 Å². The number of aliphatic hydroxyl groups excluding tert-OH is 1. The minimum atomic E-state index is -0.638. The first kappa shape index (κ1) is 18.0. The van der Waals surface area contributed by atoms with Gasteiger partial charge in [-0.2, -0.15) is 9.97 Å². The number of aromatic nitrogens is 3. The maximum atomic E-state index is 9.82. The van der Waals surface area contributed by atoms with Crippen molar-refractivity contribution in [1.82, 2.24) is 15.0 Å². The Bertz CT molecular complexity index is 1030. The van der Waals surface area contributed by atoms with Crippen LogP contribution in [0.3, 0.4) is 0 Å². The Morgan fingerprint density at radius 1 is 1.11 bits per heavy atom. The average Bonchev–Trinajstić information content (AvgIpc) is 3.33. The smallest absolute Gasteiger partial charge is 0.296 e. The summed E-state index contributed by atoms with van der Waals surface area (Å²) in [6.45, 7) is 0.539. The monoisotopic (exact) mass is 423 g/mol. The van der Waals surface area contributed by atoms with Crippen molar-refractivity contribution in [3.05, 3.63) is 40.4 Å². The highest BCUT2D eigenvalue weighted by atomic mass is 35.5. The van der Waals surface area contributed by atoms with Gasteiger partial charge in [-0.1, -0.05) is 29.3 Å². The number of aromatic amines is 1. The maximum Gasteiger partial charge on any atom is 0.296 e. The SMILES string of the molecule is O[C@@H]1COC2[C@H](Oc3nc4nc(Oc5cccc(Cl)c5)c(Cl)cc4[nH]3)CO[C@@H]21. The molecule has 5 rings (SSSR count). The van der Waals surface area contributed by atoms with Crippen LogP contribution in [-0.2, 0) is 9.47 Å². The molecule has 0 bridgehead atoms. The average molecular weight is 424 g/mol. The molecule has 4 heterocycles. The van der Waals surface area contributed by atoms with E-state index in [1.54, 1.807) is 30.3 Å². The van der Waals surface area contributed by atoms with Crippen LogP contribution < -0.4 is 9.47 Å². The number of H-pyrrole nitrogens is 1. The molecule has 2 N–H and O–H groups in total. The second-order valence-electron chi connectivity index (χ2n) is 6.57. The molecule has 10 heteroatoms. The molecule has 0 radical (unpaired) electrons. The van der Waals surface area contributed by atoms with Gasteiger partial charge < -0.3 is 29.0 Å². The summed E-state index contributed by atoms with van der Waals surface area (Å²) in [7, 11) is 0. The van der Waals surface area contributed by atoms with Crippen LogP contribution in [0.5, 0.6) is 17.6 Å². The van der Waals surface area contributed by atoms with Crippen LogP contribution in [0.1, 0.15) is 0 Å². The summed E-state index contributed by atoms with van der Waals surface area (Å²) in [6, 6.07) is 8.85. The summed E-state index contributed by atoms with van der Waals surface area (Å²) in [5.41, 5.74) is 0.987. The fraction of sp³-hybridized carbons (Fsp3) is 0.333. The lowest BCUT2D eigenvalue weighted by atomic mass is 10.1. The maximum absolute atomic E-state index is 9.82. The standard InChI is InChI=1S/C18H15Cl2N3O5/c19-8-2-1-3-9(4-8)27-17-10(20)5-11-16(22-17)23-18(21-11)28-13-7-26-14-12(24)6-25-15(13)14/h1-5,12-15,24H,6-7H2,(H,21,22,23)/t12-,13-,14-,15?/m1/s1. The third-order valence-corrected chi connectivity index (χ3v) is 5.13. The van der Waals surface area contributed by atoms with Crippen LogP contribution in [0.4, 0.5) is 0 Å². The number of fused-ring (bicyclic) bond motifs is 2. The molecule has 2 saturated heterocycles. The van der Waals surface area contributed by atoms with E-state index in [-0.39, 0.29) is 36.8 Å². The lowest BCUT2D eigenvalue weighted by Gasteiger charge is -2.15. The second-order valence-corrected chi connectivity index (χ2v) is 7.41. The van der Waals surface area contributed by atoms with Crippen molar-refractivity contribution >= 4 is 34.4 Å². The molecule has 8 nitrogen and oxygen atoms in total. The van der Waals surface area contributed by atoms with Gasteiger partial charge in [-0.25, -0.2) is 0 Å². The van der Waals surface area contributed by atoms with Gasteiger partial charge >= 0.3 is 0 Å². The summed E-state index contributed by atoms with van der Waals surface area (Å²) in [6.07, 6.45) is -1.72. The molecule has 3 aromatic rings. The van der Waals surface area contributed by atoms with E-state index in [1.807, 2.05) is 0 Å². The van der Waals surface area contributed by atoms with Gasteiger partial charge in [0.1, 0.15) is 29.1 Å². The summed E-state index contributed by atoms with van der Waals surface area (Å²) in [4.78, 5) is 11.7.